The molecule has 0 unspecified atom stereocenters. The lowest BCUT2D eigenvalue weighted by Gasteiger charge is -2.21. The Morgan fingerprint density at radius 3 is 2.48 bits per heavy atom. The third-order valence-electron chi connectivity index (χ3n) is 4.84. The summed E-state index contributed by atoms with van der Waals surface area (Å²) in [7, 11) is -3.48. The van der Waals surface area contributed by atoms with Gasteiger partial charge in [-0.25, -0.2) is 17.9 Å². The molecule has 0 aliphatic heterocycles. The monoisotopic (exact) mass is 431 g/mol. The smallest absolute Gasteiger partial charge is 0.416 e. The standard InChI is InChI=1S/C18H20F3N3O4S/c1-17(2,29(3,26)27)10-28-16(25)14-15(11-7-8-11)24(23-22-14)13-6-4-5-12(9-13)18(19,20)21/h4-6,9,11H,7-8,10H2,1-3H3. The Bertz CT molecular complexity index is 1040. The van der Waals surface area contributed by atoms with Crippen molar-refractivity contribution in [3.63, 3.8) is 0 Å². The molecule has 1 aromatic heterocycles. The van der Waals surface area contributed by atoms with Gasteiger partial charge in [-0.1, -0.05) is 11.3 Å². The van der Waals surface area contributed by atoms with Crippen molar-refractivity contribution in [1.29, 1.82) is 0 Å². The molecular weight excluding hydrogens is 411 g/mol. The summed E-state index contributed by atoms with van der Waals surface area (Å²) in [5.41, 5.74) is -0.461. The number of esters is 1. The van der Waals surface area contributed by atoms with Gasteiger partial charge in [0.2, 0.25) is 0 Å². The maximum Gasteiger partial charge on any atom is 0.416 e. The Kier molecular flexibility index (Phi) is 5.22. The van der Waals surface area contributed by atoms with Crippen LogP contribution in [0.25, 0.3) is 5.69 Å². The van der Waals surface area contributed by atoms with Crippen molar-refractivity contribution in [3.8, 4) is 5.69 Å². The number of ether oxygens (including phenoxy) is 1. The molecule has 3 rings (SSSR count). The lowest BCUT2D eigenvalue weighted by Crippen LogP contribution is -2.37. The molecule has 0 N–H and O–H groups in total. The molecule has 158 valence electrons. The van der Waals surface area contributed by atoms with Crippen LogP contribution in [0, 0.1) is 0 Å². The van der Waals surface area contributed by atoms with Gasteiger partial charge in [-0.15, -0.1) is 5.10 Å². The number of nitrogens with zero attached hydrogens (tertiary/aromatic N) is 3. The van der Waals surface area contributed by atoms with Gasteiger partial charge in [-0.05, 0) is 44.9 Å². The molecule has 1 heterocycles. The third kappa shape index (κ3) is 4.44. The highest BCUT2D eigenvalue weighted by Crippen LogP contribution is 2.42. The third-order valence-corrected chi connectivity index (χ3v) is 6.96. The first-order valence-electron chi connectivity index (χ1n) is 8.81. The molecule has 0 saturated heterocycles. The summed E-state index contributed by atoms with van der Waals surface area (Å²) in [4.78, 5) is 12.5. The Labute approximate surface area is 165 Å². The average Bonchev–Trinajstić information content (AvgIpc) is 3.36. The number of alkyl halides is 3. The van der Waals surface area contributed by atoms with Crippen molar-refractivity contribution in [1.82, 2.24) is 15.0 Å². The van der Waals surface area contributed by atoms with Gasteiger partial charge >= 0.3 is 12.1 Å². The summed E-state index contributed by atoms with van der Waals surface area (Å²) in [5, 5.41) is 7.68. The molecule has 0 spiro atoms. The first kappa shape index (κ1) is 21.3. The fourth-order valence-electron chi connectivity index (χ4n) is 2.58. The van der Waals surface area contributed by atoms with Crippen LogP contribution in [0.4, 0.5) is 13.2 Å². The Morgan fingerprint density at radius 2 is 1.93 bits per heavy atom. The number of aromatic nitrogens is 3. The molecule has 0 amide bonds. The van der Waals surface area contributed by atoms with E-state index < -0.39 is 32.3 Å². The second-order valence-corrected chi connectivity index (χ2v) is 10.3. The molecule has 1 aliphatic rings. The number of rotatable bonds is 6. The predicted octanol–water partition coefficient (Wildman–Crippen LogP) is 3.14. The molecule has 1 aromatic carbocycles. The largest absolute Gasteiger partial charge is 0.459 e. The van der Waals surface area contributed by atoms with E-state index in [9.17, 15) is 26.4 Å². The first-order chi connectivity index (χ1) is 13.3. The summed E-state index contributed by atoms with van der Waals surface area (Å²) in [6, 6.07) is 4.57. The van der Waals surface area contributed by atoms with E-state index in [4.69, 9.17) is 4.74 Å². The molecule has 1 aliphatic carbocycles. The van der Waals surface area contributed by atoms with Crippen LogP contribution in [0.15, 0.2) is 24.3 Å². The van der Waals surface area contributed by atoms with Crippen molar-refractivity contribution in [2.45, 2.75) is 43.5 Å². The minimum Gasteiger partial charge on any atom is -0.459 e. The van der Waals surface area contributed by atoms with Crippen LogP contribution >= 0.6 is 0 Å². The number of hydrogen-bond donors (Lipinski definition) is 0. The van der Waals surface area contributed by atoms with Crippen molar-refractivity contribution >= 4 is 15.8 Å². The number of benzene rings is 1. The van der Waals surface area contributed by atoms with Crippen molar-refractivity contribution in [3.05, 3.63) is 41.2 Å². The molecule has 29 heavy (non-hydrogen) atoms. The van der Waals surface area contributed by atoms with Crippen LogP contribution in [0.1, 0.15) is 54.4 Å². The van der Waals surface area contributed by atoms with Crippen LogP contribution in [0.3, 0.4) is 0 Å². The maximum absolute atomic E-state index is 13.0. The van der Waals surface area contributed by atoms with Crippen LogP contribution in [-0.2, 0) is 20.8 Å². The number of carbonyl (C=O) groups excluding carboxylic acids is 1. The van der Waals surface area contributed by atoms with Crippen molar-refractivity contribution in [2.24, 2.45) is 0 Å². The summed E-state index contributed by atoms with van der Waals surface area (Å²) in [6.45, 7) is 2.47. The summed E-state index contributed by atoms with van der Waals surface area (Å²) < 4.78 is 67.7. The summed E-state index contributed by atoms with van der Waals surface area (Å²) >= 11 is 0. The van der Waals surface area contributed by atoms with Crippen LogP contribution in [-0.4, -0.2) is 47.0 Å². The van der Waals surface area contributed by atoms with Gasteiger partial charge in [-0.3, -0.25) is 0 Å². The highest BCUT2D eigenvalue weighted by Gasteiger charge is 2.37. The number of halogens is 3. The molecular formula is C18H20F3N3O4S. The van der Waals surface area contributed by atoms with Gasteiger partial charge < -0.3 is 4.74 Å². The van der Waals surface area contributed by atoms with Gasteiger partial charge in [0, 0.05) is 12.2 Å². The second kappa shape index (κ2) is 7.12. The van der Waals surface area contributed by atoms with Crippen LogP contribution in [0.2, 0.25) is 0 Å². The van der Waals surface area contributed by atoms with E-state index >= 15 is 0 Å². The summed E-state index contributed by atoms with van der Waals surface area (Å²) in [5.74, 6) is -0.938. The van der Waals surface area contributed by atoms with Gasteiger partial charge in [0.05, 0.1) is 16.9 Å². The Balaban J connectivity index is 1.92. The van der Waals surface area contributed by atoms with E-state index in [0.717, 1.165) is 31.2 Å². The van der Waals surface area contributed by atoms with Gasteiger partial charge in [0.1, 0.15) is 11.4 Å². The quantitative estimate of drug-likeness (QED) is 0.653. The molecule has 11 heteroatoms. The molecule has 1 fully saturated rings. The van der Waals surface area contributed by atoms with E-state index in [1.165, 1.54) is 30.7 Å². The van der Waals surface area contributed by atoms with Crippen molar-refractivity contribution in [2.75, 3.05) is 12.9 Å². The highest BCUT2D eigenvalue weighted by atomic mass is 32.2. The second-order valence-electron chi connectivity index (χ2n) is 7.67. The van der Waals surface area contributed by atoms with Crippen LogP contribution in [0.5, 0.6) is 0 Å². The molecule has 0 atom stereocenters. The normalized spacial score (nSPS) is 15.4. The predicted molar refractivity (Wildman–Crippen MR) is 97.5 cm³/mol. The van der Waals surface area contributed by atoms with E-state index in [2.05, 4.69) is 10.3 Å². The topological polar surface area (TPSA) is 91.2 Å². The SMILES string of the molecule is CC(C)(COC(=O)c1nnn(-c2cccc(C(F)(F)F)c2)c1C1CC1)S(C)(=O)=O. The molecule has 2 aromatic rings. The lowest BCUT2D eigenvalue weighted by molar-refractivity contribution is -0.137. The van der Waals surface area contributed by atoms with Gasteiger partial charge in [0.25, 0.3) is 0 Å². The Hall–Kier alpha value is -2.43. The van der Waals surface area contributed by atoms with Crippen LogP contribution < -0.4 is 0 Å². The zero-order valence-electron chi connectivity index (χ0n) is 16.0. The molecule has 0 radical (unpaired) electrons. The highest BCUT2D eigenvalue weighted by molar-refractivity contribution is 7.92. The molecule has 1 saturated carbocycles. The first-order valence-corrected chi connectivity index (χ1v) is 10.7. The van der Waals surface area contributed by atoms with Gasteiger partial charge in [-0.2, -0.15) is 13.2 Å². The zero-order chi connectivity index (χ0) is 21.6. The Morgan fingerprint density at radius 1 is 1.28 bits per heavy atom. The number of sulfone groups is 1. The van der Waals surface area contributed by atoms with Gasteiger partial charge in [0.15, 0.2) is 15.5 Å². The minimum absolute atomic E-state index is 0.0787. The fraction of sp³-hybridized carbons (Fsp3) is 0.500. The van der Waals surface area contributed by atoms with E-state index in [-0.39, 0.29) is 23.9 Å². The number of carbonyl (C=O) groups is 1. The fourth-order valence-corrected chi connectivity index (χ4v) is 2.85. The maximum atomic E-state index is 13.0. The molecule has 7 nitrogen and oxygen atoms in total. The number of hydrogen-bond acceptors (Lipinski definition) is 6. The lowest BCUT2D eigenvalue weighted by atomic mass is 10.1. The van der Waals surface area contributed by atoms with E-state index in [1.807, 2.05) is 0 Å². The van der Waals surface area contributed by atoms with E-state index in [1.54, 1.807) is 0 Å². The van der Waals surface area contributed by atoms with Crippen molar-refractivity contribution < 1.29 is 31.1 Å². The molecule has 0 bridgehead atoms. The zero-order valence-corrected chi connectivity index (χ0v) is 16.8. The minimum atomic E-state index is -4.52. The average molecular weight is 431 g/mol. The van der Waals surface area contributed by atoms with E-state index in [0.29, 0.717) is 5.69 Å². The summed E-state index contributed by atoms with van der Waals surface area (Å²) in [6.07, 6.45) is -2.00.